The minimum Gasteiger partial charge on any atom is -0.461 e. The first-order valence-electron chi connectivity index (χ1n) is 5.78. The summed E-state index contributed by atoms with van der Waals surface area (Å²) < 4.78 is 5.13. The predicted octanol–water partition coefficient (Wildman–Crippen LogP) is 1.87. The summed E-state index contributed by atoms with van der Waals surface area (Å²) in [5.74, 6) is -0.199. The average Bonchev–Trinajstić information content (AvgIpc) is 2.45. The molecule has 90 valence electrons. The second kappa shape index (κ2) is 5.15. The second-order valence-corrected chi connectivity index (χ2v) is 4.45. The van der Waals surface area contributed by atoms with E-state index in [1.807, 2.05) is 44.3 Å². The maximum Gasteiger partial charge on any atom is 0.335 e. The third kappa shape index (κ3) is 3.17. The van der Waals surface area contributed by atoms with E-state index >= 15 is 0 Å². The molecule has 1 aromatic carbocycles. The fraction of sp³-hybridized carbons (Fsp3) is 0.357. The van der Waals surface area contributed by atoms with E-state index in [0.29, 0.717) is 18.7 Å². The first-order chi connectivity index (χ1) is 8.15. The molecule has 1 aromatic rings. The van der Waals surface area contributed by atoms with Gasteiger partial charge in [0.05, 0.1) is 5.57 Å². The minimum atomic E-state index is -0.199. The lowest BCUT2D eigenvalue weighted by atomic mass is 10.1. The molecule has 0 spiro atoms. The number of esters is 1. The molecule has 17 heavy (non-hydrogen) atoms. The Morgan fingerprint density at radius 1 is 1.29 bits per heavy atom. The summed E-state index contributed by atoms with van der Waals surface area (Å²) in [5, 5.41) is 0. The number of likely N-dealkylation sites (N-methyl/N-ethyl adjacent to an activating group) is 1. The van der Waals surface area contributed by atoms with Crippen LogP contribution in [0.15, 0.2) is 29.8 Å². The number of rotatable bonds is 1. The van der Waals surface area contributed by atoms with Crippen molar-refractivity contribution >= 4 is 12.0 Å². The molecule has 0 N–H and O–H groups in total. The largest absolute Gasteiger partial charge is 0.461 e. The van der Waals surface area contributed by atoms with Gasteiger partial charge >= 0.3 is 5.97 Å². The SMILES string of the molecule is Cc1ccc(/C=C2\CN(C)CCOC2=O)cc1. The van der Waals surface area contributed by atoms with E-state index in [1.165, 1.54) is 5.56 Å². The normalized spacial score (nSPS) is 20.1. The fourth-order valence-corrected chi connectivity index (χ4v) is 1.79. The van der Waals surface area contributed by atoms with Gasteiger partial charge in [0.2, 0.25) is 0 Å². The summed E-state index contributed by atoms with van der Waals surface area (Å²) in [5.41, 5.74) is 2.97. The summed E-state index contributed by atoms with van der Waals surface area (Å²) in [7, 11) is 1.99. The minimum absolute atomic E-state index is 0.199. The summed E-state index contributed by atoms with van der Waals surface area (Å²) in [6.45, 7) is 3.95. The van der Waals surface area contributed by atoms with Crippen LogP contribution in [0.1, 0.15) is 11.1 Å². The molecule has 0 bridgehead atoms. The van der Waals surface area contributed by atoms with Crippen molar-refractivity contribution in [3.8, 4) is 0 Å². The molecule has 3 nitrogen and oxygen atoms in total. The Bertz CT molecular complexity index is 434. The number of benzene rings is 1. The van der Waals surface area contributed by atoms with Gasteiger partial charge in [-0.15, -0.1) is 0 Å². The van der Waals surface area contributed by atoms with Crippen molar-refractivity contribution in [3.63, 3.8) is 0 Å². The zero-order valence-electron chi connectivity index (χ0n) is 10.3. The lowest BCUT2D eigenvalue weighted by Crippen LogP contribution is -2.22. The predicted molar refractivity (Wildman–Crippen MR) is 67.6 cm³/mol. The summed E-state index contributed by atoms with van der Waals surface area (Å²) in [6, 6.07) is 8.11. The van der Waals surface area contributed by atoms with Crippen LogP contribution < -0.4 is 0 Å². The third-order valence-electron chi connectivity index (χ3n) is 2.83. The highest BCUT2D eigenvalue weighted by atomic mass is 16.5. The summed E-state index contributed by atoms with van der Waals surface area (Å²) in [4.78, 5) is 13.8. The molecule has 0 atom stereocenters. The molecule has 0 amide bonds. The lowest BCUT2D eigenvalue weighted by Gasteiger charge is -2.10. The highest BCUT2D eigenvalue weighted by Gasteiger charge is 2.17. The van der Waals surface area contributed by atoms with Gasteiger partial charge in [0.1, 0.15) is 6.61 Å². The van der Waals surface area contributed by atoms with Gasteiger partial charge in [-0.05, 0) is 25.6 Å². The Hall–Kier alpha value is -1.61. The van der Waals surface area contributed by atoms with Gasteiger partial charge in [-0.1, -0.05) is 29.8 Å². The van der Waals surface area contributed by atoms with E-state index in [-0.39, 0.29) is 5.97 Å². The van der Waals surface area contributed by atoms with Gasteiger partial charge in [-0.3, -0.25) is 4.90 Å². The lowest BCUT2D eigenvalue weighted by molar-refractivity contribution is -0.138. The van der Waals surface area contributed by atoms with Crippen LogP contribution in [0.25, 0.3) is 6.08 Å². The van der Waals surface area contributed by atoms with Crippen molar-refractivity contribution in [3.05, 3.63) is 41.0 Å². The zero-order valence-corrected chi connectivity index (χ0v) is 10.3. The van der Waals surface area contributed by atoms with Crippen molar-refractivity contribution in [2.75, 3.05) is 26.7 Å². The second-order valence-electron chi connectivity index (χ2n) is 4.45. The topological polar surface area (TPSA) is 29.5 Å². The van der Waals surface area contributed by atoms with Gasteiger partial charge < -0.3 is 4.74 Å². The Morgan fingerprint density at radius 2 is 2.00 bits per heavy atom. The molecule has 0 unspecified atom stereocenters. The molecule has 0 aliphatic carbocycles. The Balaban J connectivity index is 2.23. The highest BCUT2D eigenvalue weighted by Crippen LogP contribution is 2.12. The maximum atomic E-state index is 11.7. The molecule has 1 heterocycles. The number of carbonyl (C=O) groups excluding carboxylic acids is 1. The number of carbonyl (C=O) groups is 1. The van der Waals surface area contributed by atoms with E-state index < -0.39 is 0 Å². The van der Waals surface area contributed by atoms with Gasteiger partial charge in [0, 0.05) is 13.1 Å². The number of nitrogens with zero attached hydrogens (tertiary/aromatic N) is 1. The molecule has 1 aliphatic heterocycles. The molecule has 1 aliphatic rings. The molecule has 0 saturated carbocycles. The van der Waals surface area contributed by atoms with E-state index in [1.54, 1.807) is 0 Å². The van der Waals surface area contributed by atoms with Crippen LogP contribution in [-0.2, 0) is 9.53 Å². The van der Waals surface area contributed by atoms with E-state index in [9.17, 15) is 4.79 Å². The molecule has 0 radical (unpaired) electrons. The quantitative estimate of drug-likeness (QED) is 0.546. The number of hydrogen-bond donors (Lipinski definition) is 0. The molecule has 3 heteroatoms. The van der Waals surface area contributed by atoms with Crippen molar-refractivity contribution < 1.29 is 9.53 Å². The van der Waals surface area contributed by atoms with Gasteiger partial charge in [0.25, 0.3) is 0 Å². The molecule has 1 fully saturated rings. The van der Waals surface area contributed by atoms with E-state index in [4.69, 9.17) is 4.74 Å². The Kier molecular flexibility index (Phi) is 3.59. The van der Waals surface area contributed by atoms with Gasteiger partial charge in [0.15, 0.2) is 0 Å². The maximum absolute atomic E-state index is 11.7. The van der Waals surface area contributed by atoms with Crippen LogP contribution in [0.2, 0.25) is 0 Å². The summed E-state index contributed by atoms with van der Waals surface area (Å²) >= 11 is 0. The first kappa shape index (κ1) is 11.9. The molecule has 0 aromatic heterocycles. The number of cyclic esters (lactones) is 1. The standard InChI is InChI=1S/C14H17NO2/c1-11-3-5-12(6-4-11)9-13-10-15(2)7-8-17-14(13)16/h3-6,9H,7-8,10H2,1-2H3/b13-9+. The van der Waals surface area contributed by atoms with Crippen LogP contribution >= 0.6 is 0 Å². The molecule has 2 rings (SSSR count). The molecular weight excluding hydrogens is 214 g/mol. The average molecular weight is 231 g/mol. The Morgan fingerprint density at radius 3 is 2.71 bits per heavy atom. The van der Waals surface area contributed by atoms with Crippen LogP contribution in [0, 0.1) is 6.92 Å². The Labute approximate surface area is 102 Å². The van der Waals surface area contributed by atoms with E-state index in [2.05, 4.69) is 4.90 Å². The van der Waals surface area contributed by atoms with Crippen molar-refractivity contribution in [1.29, 1.82) is 0 Å². The van der Waals surface area contributed by atoms with Crippen molar-refractivity contribution in [2.24, 2.45) is 0 Å². The highest BCUT2D eigenvalue weighted by molar-refractivity contribution is 5.94. The number of aryl methyl sites for hydroxylation is 1. The fourth-order valence-electron chi connectivity index (χ4n) is 1.79. The smallest absolute Gasteiger partial charge is 0.335 e. The van der Waals surface area contributed by atoms with E-state index in [0.717, 1.165) is 12.1 Å². The summed E-state index contributed by atoms with van der Waals surface area (Å²) in [6.07, 6.45) is 1.91. The third-order valence-corrected chi connectivity index (χ3v) is 2.83. The van der Waals surface area contributed by atoms with Gasteiger partial charge in [-0.2, -0.15) is 0 Å². The molecule has 1 saturated heterocycles. The van der Waals surface area contributed by atoms with Gasteiger partial charge in [-0.25, -0.2) is 4.79 Å². The first-order valence-corrected chi connectivity index (χ1v) is 5.78. The monoisotopic (exact) mass is 231 g/mol. The zero-order chi connectivity index (χ0) is 12.3. The number of ether oxygens (including phenoxy) is 1. The van der Waals surface area contributed by atoms with Crippen molar-refractivity contribution in [2.45, 2.75) is 6.92 Å². The van der Waals surface area contributed by atoms with Crippen LogP contribution in [0.3, 0.4) is 0 Å². The number of hydrogen-bond acceptors (Lipinski definition) is 3. The van der Waals surface area contributed by atoms with Crippen LogP contribution in [-0.4, -0.2) is 37.6 Å². The van der Waals surface area contributed by atoms with Crippen molar-refractivity contribution in [1.82, 2.24) is 4.90 Å². The van der Waals surface area contributed by atoms with Crippen LogP contribution in [0.5, 0.6) is 0 Å². The van der Waals surface area contributed by atoms with Crippen LogP contribution in [0.4, 0.5) is 0 Å². The molecular formula is C14H17NO2.